The van der Waals surface area contributed by atoms with Crippen LogP contribution < -0.4 is 0 Å². The van der Waals surface area contributed by atoms with Crippen molar-refractivity contribution in [2.24, 2.45) is 4.99 Å². The van der Waals surface area contributed by atoms with E-state index in [1.807, 2.05) is 36.5 Å². The van der Waals surface area contributed by atoms with Crippen molar-refractivity contribution in [2.45, 2.75) is 37.2 Å². The number of nitrogens with zero attached hydrogens (tertiary/aromatic N) is 3. The summed E-state index contributed by atoms with van der Waals surface area (Å²) in [5, 5.41) is 33.7. The van der Waals surface area contributed by atoms with Gasteiger partial charge < -0.3 is 33.8 Å². The Morgan fingerprint density at radius 2 is 1.82 bits per heavy atom. The summed E-state index contributed by atoms with van der Waals surface area (Å²) in [6.07, 6.45) is 0.811. The molecule has 0 bridgehead atoms. The highest BCUT2D eigenvalue weighted by atomic mass is 16.7. The van der Waals surface area contributed by atoms with Gasteiger partial charge in [0.1, 0.15) is 30.6 Å². The normalized spacial score (nSPS) is 24.9. The third-order valence-corrected chi connectivity index (χ3v) is 7.30. The van der Waals surface area contributed by atoms with Crippen molar-refractivity contribution in [3.05, 3.63) is 90.4 Å². The molecule has 0 spiro atoms. The van der Waals surface area contributed by atoms with Crippen LogP contribution in [-0.4, -0.2) is 68.0 Å². The predicted molar refractivity (Wildman–Crippen MR) is 140 cm³/mol. The van der Waals surface area contributed by atoms with Crippen molar-refractivity contribution in [1.29, 1.82) is 0 Å². The van der Waals surface area contributed by atoms with Crippen molar-refractivity contribution in [3.8, 4) is 11.5 Å². The zero-order chi connectivity index (χ0) is 25.8. The second-order valence-corrected chi connectivity index (χ2v) is 9.67. The Morgan fingerprint density at radius 1 is 0.947 bits per heavy atom. The van der Waals surface area contributed by atoms with Gasteiger partial charge in [-0.25, -0.2) is 9.98 Å². The Hall–Kier alpha value is -4.02. The first-order chi connectivity index (χ1) is 18.6. The average molecular weight is 512 g/mol. The molecule has 0 amide bonds. The topological polar surface area (TPSA) is 122 Å². The number of aromatic nitrogens is 2. The monoisotopic (exact) mass is 511 g/mol. The van der Waals surface area contributed by atoms with Crippen LogP contribution in [-0.2, 0) is 16.0 Å². The Bertz CT molecular complexity index is 1660. The summed E-state index contributed by atoms with van der Waals surface area (Å²) in [6.45, 7) is 0.162. The van der Waals surface area contributed by atoms with Crippen LogP contribution in [0.4, 0.5) is 0 Å². The maximum absolute atomic E-state index is 10.6. The minimum atomic E-state index is -1.26. The molecule has 192 valence electrons. The molecule has 3 aromatic carbocycles. The first kappa shape index (κ1) is 23.1. The molecule has 1 saturated heterocycles. The lowest BCUT2D eigenvalue weighted by atomic mass is 9.98. The second-order valence-electron chi connectivity index (χ2n) is 9.67. The zero-order valence-corrected chi connectivity index (χ0v) is 20.2. The number of benzene rings is 3. The SMILES string of the molecule is OC[C@H]1O[C@@H]2OC(c3cn(Cc4ccc5ccccc5c4)c4cc(-c5ncco5)ccc34)=N[C@@H]2[C@@H](O)[C@@H]1O. The number of hydrogen-bond donors (Lipinski definition) is 3. The third-order valence-electron chi connectivity index (χ3n) is 7.30. The zero-order valence-electron chi connectivity index (χ0n) is 20.2. The van der Waals surface area contributed by atoms with Crippen LogP contribution in [0.25, 0.3) is 33.1 Å². The molecule has 2 aliphatic heterocycles. The smallest absolute Gasteiger partial charge is 0.227 e. The van der Waals surface area contributed by atoms with Gasteiger partial charge in [0.2, 0.25) is 18.1 Å². The van der Waals surface area contributed by atoms with Crippen LogP contribution in [0.1, 0.15) is 11.1 Å². The van der Waals surface area contributed by atoms with Crippen molar-refractivity contribution >= 4 is 27.6 Å². The van der Waals surface area contributed by atoms with Gasteiger partial charge in [0.25, 0.3) is 0 Å². The largest absolute Gasteiger partial charge is 0.445 e. The van der Waals surface area contributed by atoms with Gasteiger partial charge in [0.15, 0.2) is 0 Å². The second kappa shape index (κ2) is 9.07. The first-order valence-corrected chi connectivity index (χ1v) is 12.5. The maximum atomic E-state index is 10.6. The molecule has 2 aromatic heterocycles. The van der Waals surface area contributed by atoms with Gasteiger partial charge in [-0.05, 0) is 34.5 Å². The van der Waals surface area contributed by atoms with Crippen molar-refractivity contribution in [2.75, 3.05) is 6.61 Å². The first-order valence-electron chi connectivity index (χ1n) is 12.5. The number of ether oxygens (including phenoxy) is 2. The maximum Gasteiger partial charge on any atom is 0.227 e. The van der Waals surface area contributed by atoms with E-state index in [4.69, 9.17) is 13.9 Å². The lowest BCUT2D eigenvalue weighted by Gasteiger charge is -2.36. The highest BCUT2D eigenvalue weighted by Gasteiger charge is 2.49. The Balaban J connectivity index is 1.31. The summed E-state index contributed by atoms with van der Waals surface area (Å²) in [5.74, 6) is 0.837. The van der Waals surface area contributed by atoms with Crippen LogP contribution in [0.5, 0.6) is 0 Å². The number of oxazole rings is 1. The van der Waals surface area contributed by atoms with Crippen LogP contribution in [0.2, 0.25) is 0 Å². The van der Waals surface area contributed by atoms with Crippen molar-refractivity contribution in [1.82, 2.24) is 9.55 Å². The molecule has 3 N–H and O–H groups in total. The predicted octanol–water partition coefficient (Wildman–Crippen LogP) is 3.08. The molecule has 1 fully saturated rings. The average Bonchev–Trinajstić information content (AvgIpc) is 3.70. The summed E-state index contributed by atoms with van der Waals surface area (Å²) in [6, 6.07) is 19.8. The van der Waals surface area contributed by atoms with E-state index in [1.54, 1.807) is 12.5 Å². The van der Waals surface area contributed by atoms with E-state index in [0.29, 0.717) is 18.3 Å². The van der Waals surface area contributed by atoms with Crippen molar-refractivity contribution < 1.29 is 29.2 Å². The Morgan fingerprint density at radius 3 is 2.63 bits per heavy atom. The lowest BCUT2D eigenvalue weighted by Crippen LogP contribution is -2.56. The van der Waals surface area contributed by atoms with E-state index in [1.165, 1.54) is 5.39 Å². The highest BCUT2D eigenvalue weighted by molar-refractivity contribution is 6.08. The highest BCUT2D eigenvalue weighted by Crippen LogP contribution is 2.34. The fraction of sp³-hybridized carbons (Fsp3) is 0.241. The van der Waals surface area contributed by atoms with E-state index >= 15 is 0 Å². The van der Waals surface area contributed by atoms with Crippen molar-refractivity contribution in [3.63, 3.8) is 0 Å². The molecule has 4 heterocycles. The lowest BCUT2D eigenvalue weighted by molar-refractivity contribution is -0.234. The standard InChI is InChI=1S/C29H25N3O6/c33-15-23-25(34)26(35)24-29(37-23)38-28(31-24)21-14-32(13-16-5-6-17-3-1-2-4-18(17)11-16)22-12-19(7-8-20(21)22)27-30-9-10-36-27/h1-12,14,23-26,29,33-35H,13,15H2/t23-,24-,25-,26-,29-/m1/s1. The van der Waals surface area contributed by atoms with E-state index in [-0.39, 0.29) is 0 Å². The summed E-state index contributed by atoms with van der Waals surface area (Å²) < 4.78 is 19.4. The Labute approximate surface area is 217 Å². The molecule has 38 heavy (non-hydrogen) atoms. The molecule has 9 nitrogen and oxygen atoms in total. The van der Waals surface area contributed by atoms with Crippen LogP contribution in [0.3, 0.4) is 0 Å². The number of rotatable bonds is 5. The molecule has 9 heteroatoms. The fourth-order valence-corrected chi connectivity index (χ4v) is 5.34. The molecule has 7 rings (SSSR count). The quantitative estimate of drug-likeness (QED) is 0.331. The fourth-order valence-electron chi connectivity index (χ4n) is 5.34. The number of fused-ring (bicyclic) bond motifs is 3. The van der Waals surface area contributed by atoms with E-state index in [0.717, 1.165) is 33.0 Å². The minimum Gasteiger partial charge on any atom is -0.445 e. The van der Waals surface area contributed by atoms with Gasteiger partial charge in [-0.1, -0.05) is 42.5 Å². The van der Waals surface area contributed by atoms with E-state index < -0.39 is 37.3 Å². The summed E-state index contributed by atoms with van der Waals surface area (Å²) in [5.41, 5.74) is 3.63. The summed E-state index contributed by atoms with van der Waals surface area (Å²) in [7, 11) is 0. The summed E-state index contributed by atoms with van der Waals surface area (Å²) >= 11 is 0. The molecule has 5 aromatic rings. The Kier molecular flexibility index (Phi) is 5.52. The molecule has 0 unspecified atom stereocenters. The van der Waals surface area contributed by atoms with E-state index in [2.05, 4.69) is 44.9 Å². The molecule has 0 radical (unpaired) electrons. The summed E-state index contributed by atoms with van der Waals surface area (Å²) in [4.78, 5) is 8.89. The van der Waals surface area contributed by atoms with Gasteiger partial charge in [-0.15, -0.1) is 0 Å². The van der Waals surface area contributed by atoms with Gasteiger partial charge in [-0.2, -0.15) is 0 Å². The van der Waals surface area contributed by atoms with Gasteiger partial charge in [0.05, 0.1) is 18.4 Å². The van der Waals surface area contributed by atoms with E-state index in [9.17, 15) is 15.3 Å². The molecular weight excluding hydrogens is 486 g/mol. The molecule has 0 aliphatic carbocycles. The third kappa shape index (κ3) is 3.79. The number of aliphatic hydroxyl groups is 3. The van der Waals surface area contributed by atoms with Gasteiger partial charge in [0, 0.05) is 29.2 Å². The number of hydrogen-bond acceptors (Lipinski definition) is 8. The molecule has 5 atom stereocenters. The van der Waals surface area contributed by atoms with Crippen LogP contribution in [0, 0.1) is 0 Å². The van der Waals surface area contributed by atoms with Gasteiger partial charge in [-0.3, -0.25) is 0 Å². The number of aliphatic hydroxyl groups excluding tert-OH is 3. The van der Waals surface area contributed by atoms with Crippen LogP contribution >= 0.6 is 0 Å². The van der Waals surface area contributed by atoms with Gasteiger partial charge >= 0.3 is 0 Å². The molecule has 2 aliphatic rings. The van der Waals surface area contributed by atoms with Crippen LogP contribution in [0.15, 0.2) is 88.7 Å². The minimum absolute atomic E-state index is 0.316. The number of aliphatic imine (C=N–C) groups is 1. The molecular formula is C29H25N3O6. The molecule has 0 saturated carbocycles.